The summed E-state index contributed by atoms with van der Waals surface area (Å²) in [6, 6.07) is 6.32. The molecule has 1 aromatic carbocycles. The number of ether oxygens (including phenoxy) is 1. The van der Waals surface area contributed by atoms with E-state index in [9.17, 15) is 4.79 Å². The average Bonchev–Trinajstić information content (AvgIpc) is 3.08. The van der Waals surface area contributed by atoms with Crippen LogP contribution in [0.4, 0.5) is 4.79 Å². The Hall–Kier alpha value is -2.24. The number of rotatable bonds is 3. The third-order valence-corrected chi connectivity index (χ3v) is 5.29. The van der Waals surface area contributed by atoms with Gasteiger partial charge in [-0.2, -0.15) is 0 Å². The molecule has 1 saturated carbocycles. The number of para-hydroxylation sites is 1. The van der Waals surface area contributed by atoms with Crippen molar-refractivity contribution in [2.75, 3.05) is 6.54 Å². The molecule has 2 heterocycles. The number of urea groups is 1. The maximum atomic E-state index is 12.4. The van der Waals surface area contributed by atoms with E-state index in [0.29, 0.717) is 12.6 Å². The predicted octanol–water partition coefficient (Wildman–Crippen LogP) is 3.06. The molecule has 2 atom stereocenters. The molecule has 2 N–H and O–H groups in total. The summed E-state index contributed by atoms with van der Waals surface area (Å²) in [5.74, 6) is 0.776. The van der Waals surface area contributed by atoms with E-state index in [4.69, 9.17) is 4.74 Å². The summed E-state index contributed by atoms with van der Waals surface area (Å²) >= 11 is 0. The van der Waals surface area contributed by atoms with Gasteiger partial charge in [0.25, 0.3) is 0 Å². The fourth-order valence-electron chi connectivity index (χ4n) is 3.68. The molecule has 1 aromatic heterocycles. The minimum Gasteiger partial charge on any atom is -0.484 e. The fraction of sp³-hybridized carbons (Fsp3) is 0.556. The Bertz CT molecular complexity index is 723. The van der Waals surface area contributed by atoms with Crippen LogP contribution < -0.4 is 10.1 Å². The third-order valence-electron chi connectivity index (χ3n) is 5.29. The van der Waals surface area contributed by atoms with E-state index in [2.05, 4.69) is 15.3 Å². The molecule has 0 spiro atoms. The minimum absolute atomic E-state index is 0.0180. The second-order valence-corrected chi connectivity index (χ2v) is 6.89. The molecule has 2 unspecified atom stereocenters. The number of H-pyrrole nitrogens is 1. The van der Waals surface area contributed by atoms with Gasteiger partial charge < -0.3 is 19.9 Å². The van der Waals surface area contributed by atoms with Gasteiger partial charge in [0.15, 0.2) is 0 Å². The molecule has 2 fully saturated rings. The molecule has 4 rings (SSSR count). The molecule has 2 aliphatic rings. The van der Waals surface area contributed by atoms with Crippen LogP contribution in [0.3, 0.4) is 0 Å². The van der Waals surface area contributed by atoms with Crippen molar-refractivity contribution in [1.29, 1.82) is 0 Å². The Balaban J connectivity index is 1.35. The second kappa shape index (κ2) is 6.34. The van der Waals surface area contributed by atoms with Crippen LogP contribution in [0.1, 0.15) is 39.0 Å². The molecule has 1 aliphatic carbocycles. The third kappa shape index (κ3) is 2.81. The van der Waals surface area contributed by atoms with Gasteiger partial charge in [0, 0.05) is 6.04 Å². The van der Waals surface area contributed by atoms with E-state index in [1.165, 1.54) is 19.3 Å². The van der Waals surface area contributed by atoms with Crippen molar-refractivity contribution >= 4 is 17.1 Å². The number of carbonyl (C=O) groups is 1. The van der Waals surface area contributed by atoms with Gasteiger partial charge in [0.05, 0.1) is 24.4 Å². The van der Waals surface area contributed by atoms with Gasteiger partial charge in [-0.15, -0.1) is 0 Å². The highest BCUT2D eigenvalue weighted by molar-refractivity contribution is 5.81. The van der Waals surface area contributed by atoms with Crippen molar-refractivity contribution in [2.45, 2.75) is 57.2 Å². The monoisotopic (exact) mass is 328 g/mol. The van der Waals surface area contributed by atoms with E-state index < -0.39 is 0 Å². The van der Waals surface area contributed by atoms with E-state index >= 15 is 0 Å². The van der Waals surface area contributed by atoms with Crippen LogP contribution in [0.25, 0.3) is 11.0 Å². The first-order valence-corrected chi connectivity index (χ1v) is 8.88. The van der Waals surface area contributed by atoms with Crippen LogP contribution in [0.2, 0.25) is 0 Å². The number of benzene rings is 1. The summed E-state index contributed by atoms with van der Waals surface area (Å²) in [5.41, 5.74) is 1.81. The Labute approximate surface area is 141 Å². The molecule has 1 saturated heterocycles. The molecule has 2 amide bonds. The number of nitrogens with one attached hydrogen (secondary N) is 2. The number of nitrogens with zero attached hydrogens (tertiary/aromatic N) is 2. The van der Waals surface area contributed by atoms with Crippen molar-refractivity contribution < 1.29 is 9.53 Å². The lowest BCUT2D eigenvalue weighted by atomic mass is 9.95. The molecule has 2 aromatic rings. The quantitative estimate of drug-likeness (QED) is 0.910. The van der Waals surface area contributed by atoms with E-state index in [1.54, 1.807) is 6.33 Å². The Morgan fingerprint density at radius 1 is 1.33 bits per heavy atom. The molecule has 6 nitrogen and oxygen atoms in total. The molecule has 128 valence electrons. The molecule has 1 aliphatic heterocycles. The van der Waals surface area contributed by atoms with Crippen molar-refractivity contribution in [1.82, 2.24) is 20.2 Å². The zero-order valence-corrected chi connectivity index (χ0v) is 14.0. The predicted molar refractivity (Wildman–Crippen MR) is 92.1 cm³/mol. The van der Waals surface area contributed by atoms with Crippen molar-refractivity contribution in [2.24, 2.45) is 0 Å². The highest BCUT2D eigenvalue weighted by Crippen LogP contribution is 2.28. The zero-order valence-electron chi connectivity index (χ0n) is 14.0. The van der Waals surface area contributed by atoms with Crippen LogP contribution in [0, 0.1) is 0 Å². The molecular weight excluding hydrogens is 304 g/mol. The van der Waals surface area contributed by atoms with Crippen LogP contribution in [-0.2, 0) is 0 Å². The molecule has 0 bridgehead atoms. The van der Waals surface area contributed by atoms with E-state index in [-0.39, 0.29) is 18.2 Å². The molecular formula is C18H24N4O2. The Morgan fingerprint density at radius 3 is 2.96 bits per heavy atom. The molecule has 6 heteroatoms. The number of carbonyl (C=O) groups excluding carboxylic acids is 1. The first-order chi connectivity index (χ1) is 11.7. The average molecular weight is 328 g/mol. The lowest BCUT2D eigenvalue weighted by Gasteiger charge is -2.46. The number of amides is 2. The molecule has 0 radical (unpaired) electrons. The van der Waals surface area contributed by atoms with Crippen LogP contribution in [0.15, 0.2) is 24.5 Å². The maximum Gasteiger partial charge on any atom is 0.318 e. The first-order valence-electron chi connectivity index (χ1n) is 8.88. The first kappa shape index (κ1) is 15.3. The SMILES string of the molecule is CC1C(Oc2cccc3[nH]cnc23)CN1C(=O)NC1CCCCC1. The Kier molecular flexibility index (Phi) is 4.04. The number of likely N-dealkylation sites (tertiary alicyclic amines) is 1. The smallest absolute Gasteiger partial charge is 0.318 e. The highest BCUT2D eigenvalue weighted by atomic mass is 16.5. The summed E-state index contributed by atoms with van der Waals surface area (Å²) in [7, 11) is 0. The number of aromatic amines is 1. The highest BCUT2D eigenvalue weighted by Gasteiger charge is 2.41. The van der Waals surface area contributed by atoms with Gasteiger partial charge in [-0.25, -0.2) is 9.78 Å². The largest absolute Gasteiger partial charge is 0.484 e. The number of hydrogen-bond donors (Lipinski definition) is 2. The lowest BCUT2D eigenvalue weighted by Crippen LogP contribution is -2.65. The number of fused-ring (bicyclic) bond motifs is 1. The maximum absolute atomic E-state index is 12.4. The van der Waals surface area contributed by atoms with Gasteiger partial charge in [-0.3, -0.25) is 0 Å². The van der Waals surface area contributed by atoms with Crippen molar-refractivity contribution in [3.05, 3.63) is 24.5 Å². The standard InChI is InChI=1S/C18H24N4O2/c1-12-16(24-15-9-5-8-14-17(15)20-11-19-14)10-22(12)18(23)21-13-6-3-2-4-7-13/h5,8-9,11-13,16H,2-4,6-7,10H2,1H3,(H,19,20)(H,21,23). The van der Waals surface area contributed by atoms with Gasteiger partial charge in [-0.05, 0) is 31.9 Å². The van der Waals surface area contributed by atoms with Crippen LogP contribution in [0.5, 0.6) is 5.75 Å². The van der Waals surface area contributed by atoms with Crippen LogP contribution >= 0.6 is 0 Å². The normalized spacial score (nSPS) is 24.6. The van der Waals surface area contributed by atoms with Gasteiger partial charge in [-0.1, -0.05) is 25.3 Å². The number of imidazole rings is 1. The number of aromatic nitrogens is 2. The minimum atomic E-state index is 0.0180. The van der Waals surface area contributed by atoms with Crippen LogP contribution in [-0.4, -0.2) is 45.6 Å². The van der Waals surface area contributed by atoms with E-state index in [0.717, 1.165) is 29.6 Å². The van der Waals surface area contributed by atoms with Gasteiger partial charge >= 0.3 is 6.03 Å². The van der Waals surface area contributed by atoms with E-state index in [1.807, 2.05) is 30.0 Å². The number of hydrogen-bond acceptors (Lipinski definition) is 3. The summed E-state index contributed by atoms with van der Waals surface area (Å²) in [6.07, 6.45) is 7.64. The summed E-state index contributed by atoms with van der Waals surface area (Å²) < 4.78 is 6.10. The van der Waals surface area contributed by atoms with Gasteiger partial charge in [0.1, 0.15) is 17.4 Å². The van der Waals surface area contributed by atoms with Crippen molar-refractivity contribution in [3.63, 3.8) is 0 Å². The summed E-state index contributed by atoms with van der Waals surface area (Å²) in [4.78, 5) is 21.7. The Morgan fingerprint density at radius 2 is 2.17 bits per heavy atom. The summed E-state index contributed by atoms with van der Waals surface area (Å²) in [6.45, 7) is 2.67. The van der Waals surface area contributed by atoms with Gasteiger partial charge in [0.2, 0.25) is 0 Å². The van der Waals surface area contributed by atoms with Crippen molar-refractivity contribution in [3.8, 4) is 5.75 Å². The topological polar surface area (TPSA) is 70.2 Å². The fourth-order valence-corrected chi connectivity index (χ4v) is 3.68. The lowest BCUT2D eigenvalue weighted by molar-refractivity contribution is -0.00743. The molecule has 24 heavy (non-hydrogen) atoms. The summed E-state index contributed by atoms with van der Waals surface area (Å²) in [5, 5.41) is 3.18. The second-order valence-electron chi connectivity index (χ2n) is 6.89. The zero-order chi connectivity index (χ0) is 16.5.